The highest BCUT2D eigenvalue weighted by Gasteiger charge is 2.32. The first-order valence-corrected chi connectivity index (χ1v) is 8.02. The van der Waals surface area contributed by atoms with E-state index in [9.17, 15) is 9.59 Å². The van der Waals surface area contributed by atoms with Crippen LogP contribution in [0.1, 0.15) is 30.4 Å². The van der Waals surface area contributed by atoms with Gasteiger partial charge in [0.15, 0.2) is 5.69 Å². The third-order valence-electron chi connectivity index (χ3n) is 3.17. The van der Waals surface area contributed by atoms with Gasteiger partial charge >= 0.3 is 5.97 Å². The second-order valence-corrected chi connectivity index (χ2v) is 6.47. The van der Waals surface area contributed by atoms with Gasteiger partial charge in [-0.05, 0) is 11.7 Å². The molecule has 1 fully saturated rings. The Kier molecular flexibility index (Phi) is 5.22. The van der Waals surface area contributed by atoms with Gasteiger partial charge in [-0.15, -0.1) is 5.10 Å². The van der Waals surface area contributed by atoms with Crippen molar-refractivity contribution >= 4 is 23.6 Å². The van der Waals surface area contributed by atoms with Crippen molar-refractivity contribution in [3.05, 3.63) is 11.9 Å². The van der Waals surface area contributed by atoms with E-state index in [1.54, 1.807) is 27.5 Å². The largest absolute Gasteiger partial charge is 0.464 e. The van der Waals surface area contributed by atoms with Crippen molar-refractivity contribution in [1.82, 2.24) is 19.9 Å². The zero-order chi connectivity index (χ0) is 15.4. The molecule has 1 aliphatic rings. The molecule has 1 amide bonds. The van der Waals surface area contributed by atoms with Crippen LogP contribution in [0.2, 0.25) is 0 Å². The number of likely N-dealkylation sites (tertiary alicyclic amines) is 1. The quantitative estimate of drug-likeness (QED) is 0.724. The lowest BCUT2D eigenvalue weighted by molar-refractivity contribution is -0.134. The maximum Gasteiger partial charge on any atom is 0.360 e. The van der Waals surface area contributed by atoms with Gasteiger partial charge in [-0.2, -0.15) is 11.8 Å². The van der Waals surface area contributed by atoms with Crippen molar-refractivity contribution in [2.45, 2.75) is 19.9 Å². The Morgan fingerprint density at radius 3 is 2.81 bits per heavy atom. The summed E-state index contributed by atoms with van der Waals surface area (Å²) in [6.45, 7) is 5.51. The van der Waals surface area contributed by atoms with E-state index in [-0.39, 0.29) is 17.6 Å². The lowest BCUT2D eigenvalue weighted by atomic mass is 10.1. The molecule has 7 nitrogen and oxygen atoms in total. The van der Waals surface area contributed by atoms with Crippen LogP contribution in [0.25, 0.3) is 0 Å². The molecule has 0 radical (unpaired) electrons. The second-order valence-electron chi connectivity index (χ2n) is 5.44. The molecule has 0 aliphatic carbocycles. The Morgan fingerprint density at radius 2 is 2.19 bits per heavy atom. The average Bonchev–Trinajstić information content (AvgIpc) is 2.85. The highest BCUT2D eigenvalue weighted by atomic mass is 32.2. The number of thioether (sulfide) groups is 1. The van der Waals surface area contributed by atoms with Gasteiger partial charge < -0.3 is 9.64 Å². The maximum absolute atomic E-state index is 11.9. The SMILES string of the molecule is COC(=O)c1cn(C2CN(C(=O)CSCC(C)C)C2)nn1. The molecule has 1 aromatic rings. The van der Waals surface area contributed by atoms with Crippen molar-refractivity contribution in [1.29, 1.82) is 0 Å². The summed E-state index contributed by atoms with van der Waals surface area (Å²) >= 11 is 1.67. The lowest BCUT2D eigenvalue weighted by Gasteiger charge is -2.38. The summed E-state index contributed by atoms with van der Waals surface area (Å²) in [6, 6.07) is 0.0926. The van der Waals surface area contributed by atoms with E-state index in [1.165, 1.54) is 7.11 Å². The Hall–Kier alpha value is -1.57. The van der Waals surface area contributed by atoms with Crippen molar-refractivity contribution in [3.8, 4) is 0 Å². The molecule has 2 heterocycles. The van der Waals surface area contributed by atoms with E-state index in [1.807, 2.05) is 0 Å². The van der Waals surface area contributed by atoms with Crippen LogP contribution in [0, 0.1) is 5.92 Å². The highest BCUT2D eigenvalue weighted by molar-refractivity contribution is 7.99. The zero-order valence-corrected chi connectivity index (χ0v) is 13.3. The number of ether oxygens (including phenoxy) is 1. The molecule has 0 spiro atoms. The number of nitrogens with zero attached hydrogens (tertiary/aromatic N) is 4. The molecule has 21 heavy (non-hydrogen) atoms. The van der Waals surface area contributed by atoms with Gasteiger partial charge in [-0.1, -0.05) is 19.1 Å². The molecule has 2 rings (SSSR count). The predicted octanol–water partition coefficient (Wildman–Crippen LogP) is 0.837. The van der Waals surface area contributed by atoms with E-state index in [2.05, 4.69) is 28.9 Å². The summed E-state index contributed by atoms with van der Waals surface area (Å²) in [4.78, 5) is 25.0. The maximum atomic E-state index is 11.9. The number of amides is 1. The minimum atomic E-state index is -0.501. The van der Waals surface area contributed by atoms with E-state index in [4.69, 9.17) is 0 Å². The van der Waals surface area contributed by atoms with Gasteiger partial charge in [0.05, 0.1) is 25.1 Å². The van der Waals surface area contributed by atoms with Gasteiger partial charge in [0.1, 0.15) is 0 Å². The summed E-state index contributed by atoms with van der Waals surface area (Å²) in [5, 5.41) is 7.67. The summed E-state index contributed by atoms with van der Waals surface area (Å²) < 4.78 is 6.20. The smallest absolute Gasteiger partial charge is 0.360 e. The van der Waals surface area contributed by atoms with Crippen molar-refractivity contribution in [2.24, 2.45) is 5.92 Å². The van der Waals surface area contributed by atoms with Crippen LogP contribution in [0.5, 0.6) is 0 Å². The minimum absolute atomic E-state index is 0.0926. The molecule has 1 saturated heterocycles. The third-order valence-corrected chi connectivity index (χ3v) is 4.52. The molecule has 8 heteroatoms. The molecular weight excluding hydrogens is 292 g/mol. The number of carbonyl (C=O) groups excluding carboxylic acids is 2. The summed E-state index contributed by atoms with van der Waals surface area (Å²) in [7, 11) is 1.31. The fourth-order valence-corrected chi connectivity index (χ4v) is 2.90. The Bertz CT molecular complexity index is 511. The first-order chi connectivity index (χ1) is 10.0. The van der Waals surface area contributed by atoms with Crippen LogP contribution in [-0.2, 0) is 9.53 Å². The highest BCUT2D eigenvalue weighted by Crippen LogP contribution is 2.21. The van der Waals surface area contributed by atoms with Crippen LogP contribution < -0.4 is 0 Å². The van der Waals surface area contributed by atoms with Crippen LogP contribution in [0.15, 0.2) is 6.20 Å². The second kappa shape index (κ2) is 6.93. The topological polar surface area (TPSA) is 77.3 Å². The average molecular weight is 312 g/mol. The number of esters is 1. The third kappa shape index (κ3) is 3.96. The zero-order valence-electron chi connectivity index (χ0n) is 12.5. The van der Waals surface area contributed by atoms with E-state index in [0.717, 1.165) is 5.75 Å². The molecule has 1 aromatic heterocycles. The molecule has 0 unspecified atom stereocenters. The van der Waals surface area contributed by atoms with Crippen LogP contribution >= 0.6 is 11.8 Å². The normalized spacial score (nSPS) is 15.1. The van der Waals surface area contributed by atoms with Gasteiger partial charge in [0.25, 0.3) is 0 Å². The Balaban J connectivity index is 1.77. The molecular formula is C13H20N4O3S. The summed E-state index contributed by atoms with van der Waals surface area (Å²) in [5.74, 6) is 1.77. The first-order valence-electron chi connectivity index (χ1n) is 6.87. The Morgan fingerprint density at radius 1 is 1.48 bits per heavy atom. The van der Waals surface area contributed by atoms with Crippen LogP contribution in [0.3, 0.4) is 0 Å². The number of aromatic nitrogens is 3. The monoisotopic (exact) mass is 312 g/mol. The number of methoxy groups -OCH3 is 1. The van der Waals surface area contributed by atoms with Crippen LogP contribution in [-0.4, -0.2) is 63.5 Å². The molecule has 0 saturated carbocycles. The minimum Gasteiger partial charge on any atom is -0.464 e. The molecule has 116 valence electrons. The number of carbonyl (C=O) groups is 2. The fourth-order valence-electron chi connectivity index (χ4n) is 1.95. The first kappa shape index (κ1) is 15.8. The Labute approximate surface area is 128 Å². The standard InChI is InChI=1S/C13H20N4O3S/c1-9(2)7-21-8-12(18)16-4-10(5-16)17-6-11(14-15-17)13(19)20-3/h6,9-10H,4-5,7-8H2,1-3H3. The molecule has 1 aliphatic heterocycles. The van der Waals surface area contributed by atoms with Gasteiger partial charge in [-0.25, -0.2) is 9.48 Å². The predicted molar refractivity (Wildman–Crippen MR) is 79.1 cm³/mol. The van der Waals surface area contributed by atoms with Crippen LogP contribution in [0.4, 0.5) is 0 Å². The number of hydrogen-bond donors (Lipinski definition) is 0. The van der Waals surface area contributed by atoms with E-state index in [0.29, 0.717) is 24.8 Å². The van der Waals surface area contributed by atoms with E-state index >= 15 is 0 Å². The lowest BCUT2D eigenvalue weighted by Crippen LogP contribution is -2.51. The number of hydrogen-bond acceptors (Lipinski definition) is 6. The van der Waals surface area contributed by atoms with Gasteiger partial charge in [-0.3, -0.25) is 4.79 Å². The van der Waals surface area contributed by atoms with Gasteiger partial charge in [0, 0.05) is 13.1 Å². The van der Waals surface area contributed by atoms with Gasteiger partial charge in [0.2, 0.25) is 5.91 Å². The van der Waals surface area contributed by atoms with Crippen molar-refractivity contribution in [2.75, 3.05) is 31.7 Å². The summed E-state index contributed by atoms with van der Waals surface area (Å²) in [5.41, 5.74) is 0.190. The van der Waals surface area contributed by atoms with E-state index < -0.39 is 5.97 Å². The van der Waals surface area contributed by atoms with Crippen molar-refractivity contribution < 1.29 is 14.3 Å². The molecule has 0 atom stereocenters. The molecule has 0 aromatic carbocycles. The molecule has 0 N–H and O–H groups in total. The fraction of sp³-hybridized carbons (Fsp3) is 0.692. The van der Waals surface area contributed by atoms with Crippen molar-refractivity contribution in [3.63, 3.8) is 0 Å². The molecule has 0 bridgehead atoms. The number of rotatable bonds is 6. The summed E-state index contributed by atoms with van der Waals surface area (Å²) in [6.07, 6.45) is 1.56.